The first kappa shape index (κ1) is 18.8. The number of rotatable bonds is 5. The van der Waals surface area contributed by atoms with Gasteiger partial charge in [-0.15, -0.1) is 0 Å². The third-order valence-electron chi connectivity index (χ3n) is 5.26. The second-order valence-corrected chi connectivity index (χ2v) is 8.14. The van der Waals surface area contributed by atoms with Crippen molar-refractivity contribution in [2.45, 2.75) is 75.8 Å². The average molecular weight is 379 g/mol. The lowest BCUT2D eigenvalue weighted by Crippen LogP contribution is -2.69. The standard InChI is InChI=1S/C19H25NO7/c1-17(2,22)19(20-23-10-11-8-6-5-7-9-11)14-12(24-16(19)21)13-15(25-14)27-18(3,4)26-13/h5-9,12-15,20,22H,10H2,1-4H3/t12-,13-,14+,15-,19+/m1/s1. The summed E-state index contributed by atoms with van der Waals surface area (Å²) < 4.78 is 23.1. The molecule has 0 aliphatic carbocycles. The number of benzene rings is 1. The smallest absolute Gasteiger partial charge is 0.335 e. The zero-order valence-corrected chi connectivity index (χ0v) is 15.8. The van der Waals surface area contributed by atoms with Crippen molar-refractivity contribution in [2.75, 3.05) is 0 Å². The van der Waals surface area contributed by atoms with Gasteiger partial charge in [0.25, 0.3) is 0 Å². The summed E-state index contributed by atoms with van der Waals surface area (Å²) in [5.41, 5.74) is 0.517. The first-order valence-electron chi connectivity index (χ1n) is 9.01. The molecule has 3 saturated heterocycles. The Balaban J connectivity index is 1.56. The normalized spacial score (nSPS) is 37.1. The summed E-state index contributed by atoms with van der Waals surface area (Å²) in [5, 5.41) is 10.8. The van der Waals surface area contributed by atoms with Crippen LogP contribution in [-0.2, 0) is 35.2 Å². The van der Waals surface area contributed by atoms with Gasteiger partial charge in [0.1, 0.15) is 6.10 Å². The van der Waals surface area contributed by atoms with Gasteiger partial charge in [0.2, 0.25) is 0 Å². The minimum absolute atomic E-state index is 0.205. The van der Waals surface area contributed by atoms with Gasteiger partial charge < -0.3 is 24.1 Å². The van der Waals surface area contributed by atoms with Crippen LogP contribution in [0.15, 0.2) is 30.3 Å². The molecule has 4 rings (SSSR count). The van der Waals surface area contributed by atoms with Crippen LogP contribution in [0.5, 0.6) is 0 Å². The highest BCUT2D eigenvalue weighted by Crippen LogP contribution is 2.48. The minimum Gasteiger partial charge on any atom is -0.455 e. The van der Waals surface area contributed by atoms with Crippen LogP contribution in [0.25, 0.3) is 0 Å². The van der Waals surface area contributed by atoms with Gasteiger partial charge in [-0.3, -0.25) is 4.84 Å². The molecule has 0 saturated carbocycles. The Kier molecular flexibility index (Phi) is 4.34. The molecule has 3 fully saturated rings. The van der Waals surface area contributed by atoms with Gasteiger partial charge in [0, 0.05) is 0 Å². The van der Waals surface area contributed by atoms with E-state index in [-0.39, 0.29) is 6.61 Å². The van der Waals surface area contributed by atoms with Crippen molar-refractivity contribution >= 4 is 5.97 Å². The third kappa shape index (κ3) is 2.97. The van der Waals surface area contributed by atoms with Gasteiger partial charge in [-0.2, -0.15) is 5.48 Å². The van der Waals surface area contributed by atoms with E-state index in [9.17, 15) is 9.90 Å². The predicted molar refractivity (Wildman–Crippen MR) is 92.0 cm³/mol. The van der Waals surface area contributed by atoms with E-state index >= 15 is 0 Å². The lowest BCUT2D eigenvalue weighted by Gasteiger charge is -2.40. The van der Waals surface area contributed by atoms with Crippen molar-refractivity contribution in [1.29, 1.82) is 0 Å². The molecule has 3 heterocycles. The summed E-state index contributed by atoms with van der Waals surface area (Å²) >= 11 is 0. The van der Waals surface area contributed by atoms with E-state index in [4.69, 9.17) is 23.8 Å². The quantitative estimate of drug-likeness (QED) is 0.578. The fourth-order valence-corrected chi connectivity index (χ4v) is 3.92. The van der Waals surface area contributed by atoms with Gasteiger partial charge in [0.15, 0.2) is 29.8 Å². The number of carbonyl (C=O) groups is 1. The van der Waals surface area contributed by atoms with Crippen molar-refractivity contribution in [1.82, 2.24) is 5.48 Å². The van der Waals surface area contributed by atoms with E-state index in [1.54, 1.807) is 13.8 Å². The van der Waals surface area contributed by atoms with Crippen molar-refractivity contribution in [2.24, 2.45) is 0 Å². The van der Waals surface area contributed by atoms with Gasteiger partial charge in [-0.1, -0.05) is 30.3 Å². The number of nitrogens with one attached hydrogen (secondary N) is 1. The Labute approximate surface area is 157 Å². The second kappa shape index (κ2) is 6.23. The molecule has 148 valence electrons. The molecule has 1 aromatic rings. The Morgan fingerprint density at radius 3 is 2.56 bits per heavy atom. The lowest BCUT2D eigenvalue weighted by molar-refractivity contribution is -0.229. The molecule has 0 amide bonds. The molecule has 8 nitrogen and oxygen atoms in total. The van der Waals surface area contributed by atoms with Crippen LogP contribution in [0.1, 0.15) is 33.3 Å². The summed E-state index contributed by atoms with van der Waals surface area (Å²) in [5.74, 6) is -1.48. The number of carbonyl (C=O) groups excluding carboxylic acids is 1. The highest BCUT2D eigenvalue weighted by atomic mass is 16.8. The van der Waals surface area contributed by atoms with Crippen molar-refractivity contribution in [3.05, 3.63) is 35.9 Å². The fraction of sp³-hybridized carbons (Fsp3) is 0.632. The Bertz CT molecular complexity index is 717. The van der Waals surface area contributed by atoms with Crippen LogP contribution in [0, 0.1) is 0 Å². The zero-order chi connectivity index (χ0) is 19.4. The van der Waals surface area contributed by atoms with Gasteiger partial charge in [-0.05, 0) is 33.3 Å². The molecule has 0 radical (unpaired) electrons. The third-order valence-corrected chi connectivity index (χ3v) is 5.26. The Hall–Kier alpha value is -1.55. The minimum atomic E-state index is -1.62. The maximum absolute atomic E-state index is 12.8. The first-order valence-corrected chi connectivity index (χ1v) is 9.01. The van der Waals surface area contributed by atoms with Crippen LogP contribution < -0.4 is 5.48 Å². The fourth-order valence-electron chi connectivity index (χ4n) is 3.92. The van der Waals surface area contributed by atoms with E-state index in [1.165, 1.54) is 13.8 Å². The van der Waals surface area contributed by atoms with E-state index in [1.807, 2.05) is 30.3 Å². The molecule has 27 heavy (non-hydrogen) atoms. The highest BCUT2D eigenvalue weighted by Gasteiger charge is 2.73. The number of hydroxylamine groups is 1. The topological polar surface area (TPSA) is 95.5 Å². The van der Waals surface area contributed by atoms with Crippen LogP contribution in [-0.4, -0.2) is 52.6 Å². The van der Waals surface area contributed by atoms with E-state index in [0.717, 1.165) is 5.56 Å². The summed E-state index contributed by atoms with van der Waals surface area (Å²) in [7, 11) is 0. The van der Waals surface area contributed by atoms with E-state index in [2.05, 4.69) is 5.48 Å². The maximum Gasteiger partial charge on any atom is 0.335 e. The van der Waals surface area contributed by atoms with Crippen LogP contribution in [0.2, 0.25) is 0 Å². The maximum atomic E-state index is 12.8. The van der Waals surface area contributed by atoms with Crippen LogP contribution >= 0.6 is 0 Å². The van der Waals surface area contributed by atoms with Crippen molar-refractivity contribution in [3.8, 4) is 0 Å². The molecule has 3 aliphatic rings. The number of esters is 1. The molecule has 5 atom stereocenters. The largest absolute Gasteiger partial charge is 0.455 e. The molecule has 1 aromatic carbocycles. The van der Waals surface area contributed by atoms with Crippen LogP contribution in [0.4, 0.5) is 0 Å². The van der Waals surface area contributed by atoms with E-state index in [0.29, 0.717) is 0 Å². The SMILES string of the molecule is CC1(C)O[C@H]2O[C@H]3[C@H](OC(=O)[C@]3(NOCc3ccccc3)C(C)(C)O)[C@H]2O1. The number of hydrogen-bond donors (Lipinski definition) is 2. The van der Waals surface area contributed by atoms with Gasteiger partial charge in [-0.25, -0.2) is 4.79 Å². The predicted octanol–water partition coefficient (Wildman–Crippen LogP) is 1.02. The number of hydrogen-bond acceptors (Lipinski definition) is 8. The molecule has 8 heteroatoms. The van der Waals surface area contributed by atoms with E-state index < -0.39 is 47.5 Å². The van der Waals surface area contributed by atoms with Gasteiger partial charge in [0.05, 0.1) is 12.2 Å². The molecule has 0 unspecified atom stereocenters. The summed E-state index contributed by atoms with van der Waals surface area (Å²) in [6, 6.07) is 9.48. The Morgan fingerprint density at radius 2 is 1.89 bits per heavy atom. The monoisotopic (exact) mass is 379 g/mol. The molecule has 2 N–H and O–H groups in total. The molecule has 3 aliphatic heterocycles. The summed E-state index contributed by atoms with van der Waals surface area (Å²) in [6.45, 7) is 6.77. The number of fused-ring (bicyclic) bond motifs is 3. The molecule has 0 bridgehead atoms. The molecule has 0 aromatic heterocycles. The average Bonchev–Trinajstić information content (AvgIpc) is 3.14. The zero-order valence-electron chi connectivity index (χ0n) is 15.8. The summed E-state index contributed by atoms with van der Waals surface area (Å²) in [4.78, 5) is 18.5. The number of ether oxygens (including phenoxy) is 4. The van der Waals surface area contributed by atoms with Crippen molar-refractivity contribution < 1.29 is 33.7 Å². The Morgan fingerprint density at radius 1 is 1.19 bits per heavy atom. The first-order chi connectivity index (χ1) is 12.6. The number of aliphatic hydroxyl groups is 1. The lowest BCUT2D eigenvalue weighted by atomic mass is 9.78. The molecular weight excluding hydrogens is 354 g/mol. The molecule has 0 spiro atoms. The summed E-state index contributed by atoms with van der Waals surface area (Å²) in [6.07, 6.45) is -2.77. The van der Waals surface area contributed by atoms with Crippen LogP contribution in [0.3, 0.4) is 0 Å². The highest BCUT2D eigenvalue weighted by molar-refractivity contribution is 5.86. The van der Waals surface area contributed by atoms with Crippen molar-refractivity contribution in [3.63, 3.8) is 0 Å². The van der Waals surface area contributed by atoms with Gasteiger partial charge >= 0.3 is 5.97 Å². The second-order valence-electron chi connectivity index (χ2n) is 8.14. The molecular formula is C19H25NO7.